The van der Waals surface area contributed by atoms with Gasteiger partial charge in [-0.3, -0.25) is 14.4 Å². The number of hydrogen-bond donors (Lipinski definition) is 4. The van der Waals surface area contributed by atoms with Gasteiger partial charge < -0.3 is 45.0 Å². The van der Waals surface area contributed by atoms with E-state index < -0.39 is 0 Å². The van der Waals surface area contributed by atoms with Gasteiger partial charge >= 0.3 is 0 Å². The number of ether oxygens (including phenoxy) is 4. The van der Waals surface area contributed by atoms with Gasteiger partial charge in [-0.25, -0.2) is 0 Å². The summed E-state index contributed by atoms with van der Waals surface area (Å²) in [5.74, 6) is -0.256. The van der Waals surface area contributed by atoms with Crippen LogP contribution < -0.4 is 21.3 Å². The van der Waals surface area contributed by atoms with E-state index in [0.717, 1.165) is 6.42 Å². The average Bonchev–Trinajstić information content (AvgIpc) is 2.81. The number of Topliss-reactive ketones (excluding diaryl/α,β-unsaturated/α-hetero) is 1. The van der Waals surface area contributed by atoms with Crippen molar-refractivity contribution in [2.75, 3.05) is 86.1 Å². The van der Waals surface area contributed by atoms with E-state index in [9.17, 15) is 19.2 Å². The molecule has 0 spiro atoms. The Morgan fingerprint density at radius 1 is 0.588 bits per heavy atom. The van der Waals surface area contributed by atoms with Gasteiger partial charge in [0.05, 0.1) is 39.6 Å². The minimum Gasteiger partial charge on any atom is -0.377 e. The van der Waals surface area contributed by atoms with Gasteiger partial charge in [0.1, 0.15) is 19.0 Å². The van der Waals surface area contributed by atoms with Crippen molar-refractivity contribution in [2.24, 2.45) is 0 Å². The highest BCUT2D eigenvalue weighted by Gasteiger charge is 2.03. The summed E-state index contributed by atoms with van der Waals surface area (Å²) in [6.45, 7) is 5.87. The lowest BCUT2D eigenvalue weighted by atomic mass is 10.1. The van der Waals surface area contributed by atoms with E-state index in [-0.39, 0.29) is 36.7 Å². The second-order valence-corrected chi connectivity index (χ2v) is 7.36. The van der Waals surface area contributed by atoms with Crippen LogP contribution in [0.5, 0.6) is 0 Å². The molecule has 3 amide bonds. The number of carbonyl (C=O) groups excluding carboxylic acids is 4. The Morgan fingerprint density at radius 3 is 1.59 bits per heavy atom. The summed E-state index contributed by atoms with van der Waals surface area (Å²) in [6.07, 6.45) is 2.41. The minimum atomic E-state index is -0.208. The molecule has 0 aromatic rings. The summed E-state index contributed by atoms with van der Waals surface area (Å²) >= 11 is 0. The molecule has 0 aromatic carbocycles. The summed E-state index contributed by atoms with van der Waals surface area (Å²) in [4.78, 5) is 45.0. The Morgan fingerprint density at radius 2 is 1.06 bits per heavy atom. The third-order valence-electron chi connectivity index (χ3n) is 4.29. The van der Waals surface area contributed by atoms with Gasteiger partial charge in [0.25, 0.3) is 0 Å². The lowest BCUT2D eigenvalue weighted by molar-refractivity contribution is -0.127. The van der Waals surface area contributed by atoms with E-state index in [1.165, 1.54) is 0 Å². The fraction of sp³-hybridized carbons (Fsp3) is 0.818. The lowest BCUT2D eigenvalue weighted by Gasteiger charge is -2.09. The van der Waals surface area contributed by atoms with Crippen molar-refractivity contribution in [3.8, 4) is 0 Å². The molecule has 0 heterocycles. The molecule has 0 aliphatic heterocycles. The fourth-order valence-corrected chi connectivity index (χ4v) is 2.46. The molecule has 0 aliphatic carbocycles. The molecule has 12 heteroatoms. The molecule has 0 aliphatic rings. The lowest BCUT2D eigenvalue weighted by Crippen LogP contribution is -2.37. The largest absolute Gasteiger partial charge is 0.377 e. The van der Waals surface area contributed by atoms with Crippen molar-refractivity contribution in [2.45, 2.75) is 32.6 Å². The zero-order valence-electron chi connectivity index (χ0n) is 20.6. The van der Waals surface area contributed by atoms with Gasteiger partial charge in [-0.05, 0) is 19.8 Å². The first-order chi connectivity index (χ1) is 16.5. The molecule has 34 heavy (non-hydrogen) atoms. The maximum Gasteiger partial charge on any atom is 0.246 e. The quantitative estimate of drug-likeness (QED) is 0.122. The Labute approximate surface area is 202 Å². The maximum atomic E-state index is 11.7. The van der Waals surface area contributed by atoms with Crippen LogP contribution in [0.2, 0.25) is 0 Å². The summed E-state index contributed by atoms with van der Waals surface area (Å²) in [7, 11) is 1.55. The minimum absolute atomic E-state index is 0.0168. The smallest absolute Gasteiger partial charge is 0.246 e. The van der Waals surface area contributed by atoms with E-state index in [2.05, 4.69) is 21.3 Å². The summed E-state index contributed by atoms with van der Waals surface area (Å²) in [5, 5.41) is 11.1. The molecule has 0 unspecified atom stereocenters. The van der Waals surface area contributed by atoms with E-state index in [4.69, 9.17) is 18.9 Å². The van der Waals surface area contributed by atoms with Crippen LogP contribution in [0, 0.1) is 0 Å². The summed E-state index contributed by atoms with van der Waals surface area (Å²) in [5.41, 5.74) is 0. The number of nitrogens with one attached hydrogen (secondary N) is 4. The molecule has 0 rings (SSSR count). The topological polar surface area (TPSA) is 153 Å². The van der Waals surface area contributed by atoms with Crippen molar-refractivity contribution in [1.82, 2.24) is 21.3 Å². The summed E-state index contributed by atoms with van der Waals surface area (Å²) in [6, 6.07) is 0. The van der Waals surface area contributed by atoms with Crippen LogP contribution in [0.4, 0.5) is 0 Å². The van der Waals surface area contributed by atoms with Crippen LogP contribution in [-0.4, -0.2) is 110 Å². The molecule has 0 aromatic heterocycles. The van der Waals surface area contributed by atoms with Gasteiger partial charge in [-0.2, -0.15) is 0 Å². The van der Waals surface area contributed by atoms with Crippen molar-refractivity contribution in [3.05, 3.63) is 0 Å². The van der Waals surface area contributed by atoms with Crippen molar-refractivity contribution in [3.63, 3.8) is 0 Å². The van der Waals surface area contributed by atoms with Crippen LogP contribution in [-0.2, 0) is 38.1 Å². The van der Waals surface area contributed by atoms with E-state index >= 15 is 0 Å². The Balaban J connectivity index is 3.29. The fourth-order valence-electron chi connectivity index (χ4n) is 2.46. The first-order valence-corrected chi connectivity index (χ1v) is 11.7. The molecule has 0 radical (unpaired) electrons. The first kappa shape index (κ1) is 31.9. The molecule has 12 nitrogen and oxygen atoms in total. The SMILES string of the molecule is CNC(=O)COCCOCCOCCOCC(=O)NCCNCCNC(=O)CCCCC(C)=O. The van der Waals surface area contributed by atoms with Gasteiger partial charge in [-0.1, -0.05) is 0 Å². The molecule has 198 valence electrons. The number of unbranched alkanes of at least 4 members (excludes halogenated alkanes) is 1. The van der Waals surface area contributed by atoms with Crippen molar-refractivity contribution in [1.29, 1.82) is 0 Å². The molecule has 0 fully saturated rings. The molecule has 0 saturated carbocycles. The molecular formula is C22H42N4O8. The third kappa shape index (κ3) is 24.5. The molecule has 0 saturated heterocycles. The van der Waals surface area contributed by atoms with Crippen LogP contribution >= 0.6 is 0 Å². The molecule has 0 bridgehead atoms. The molecular weight excluding hydrogens is 448 g/mol. The van der Waals surface area contributed by atoms with Crippen molar-refractivity contribution < 1.29 is 38.1 Å². The zero-order chi connectivity index (χ0) is 25.3. The zero-order valence-corrected chi connectivity index (χ0v) is 20.6. The van der Waals surface area contributed by atoms with Gasteiger partial charge in [0.15, 0.2) is 0 Å². The highest BCUT2D eigenvalue weighted by atomic mass is 16.6. The number of ketones is 1. The third-order valence-corrected chi connectivity index (χ3v) is 4.29. The van der Waals surface area contributed by atoms with E-state index in [0.29, 0.717) is 85.1 Å². The van der Waals surface area contributed by atoms with Gasteiger partial charge in [0, 0.05) is 46.1 Å². The maximum absolute atomic E-state index is 11.7. The predicted molar refractivity (Wildman–Crippen MR) is 125 cm³/mol. The predicted octanol–water partition coefficient (Wildman–Crippen LogP) is -1.23. The normalized spacial score (nSPS) is 10.6. The van der Waals surface area contributed by atoms with Crippen molar-refractivity contribution >= 4 is 23.5 Å². The average molecular weight is 491 g/mol. The summed E-state index contributed by atoms with van der Waals surface area (Å²) < 4.78 is 20.9. The monoisotopic (exact) mass is 490 g/mol. The Hall–Kier alpha value is -2.12. The second kappa shape index (κ2) is 24.0. The van der Waals surface area contributed by atoms with E-state index in [1.54, 1.807) is 14.0 Å². The number of carbonyl (C=O) groups is 4. The Bertz CT molecular complexity index is 563. The standard InChI is InChI=1S/C22H42N4O8/c1-19(27)5-3-4-6-20(28)25-9-7-24-8-10-26-22(30)18-34-16-14-32-12-11-31-13-15-33-17-21(29)23-2/h24H,3-18H2,1-2H3,(H,23,29)(H,25,28)(H,26,30). The molecule has 0 atom stereocenters. The van der Waals surface area contributed by atoms with Gasteiger partial charge in [0.2, 0.25) is 17.7 Å². The number of hydrogen-bond acceptors (Lipinski definition) is 9. The Kier molecular flexibility index (Phi) is 22.5. The van der Waals surface area contributed by atoms with Crippen LogP contribution in [0.25, 0.3) is 0 Å². The van der Waals surface area contributed by atoms with Crippen LogP contribution in [0.3, 0.4) is 0 Å². The second-order valence-electron chi connectivity index (χ2n) is 7.36. The number of rotatable bonds is 24. The van der Waals surface area contributed by atoms with Crippen LogP contribution in [0.15, 0.2) is 0 Å². The highest BCUT2D eigenvalue weighted by molar-refractivity contribution is 5.77. The highest BCUT2D eigenvalue weighted by Crippen LogP contribution is 1.99. The number of likely N-dealkylation sites (N-methyl/N-ethyl adjacent to an activating group) is 1. The molecule has 4 N–H and O–H groups in total. The van der Waals surface area contributed by atoms with Gasteiger partial charge in [-0.15, -0.1) is 0 Å². The number of amides is 3. The first-order valence-electron chi connectivity index (χ1n) is 11.7. The van der Waals surface area contributed by atoms with E-state index in [1.807, 2.05) is 0 Å². The van der Waals surface area contributed by atoms with Crippen LogP contribution in [0.1, 0.15) is 32.6 Å².